The van der Waals surface area contributed by atoms with Crippen molar-refractivity contribution in [2.24, 2.45) is 5.73 Å². The number of para-hydroxylation sites is 1. The molecule has 2 aromatic carbocycles. The van der Waals surface area contributed by atoms with Crippen LogP contribution in [0.2, 0.25) is 0 Å². The van der Waals surface area contributed by atoms with Crippen LogP contribution in [-0.4, -0.2) is 22.5 Å². The van der Waals surface area contributed by atoms with Gasteiger partial charge in [0.15, 0.2) is 0 Å². The first-order valence-corrected chi connectivity index (χ1v) is 8.54. The minimum absolute atomic E-state index is 0.131. The van der Waals surface area contributed by atoms with Gasteiger partial charge in [0.1, 0.15) is 5.82 Å². The number of nitrogens with zero attached hydrogens (tertiary/aromatic N) is 1. The predicted octanol–water partition coefficient (Wildman–Crippen LogP) is 3.26. The number of thioether (sulfide) groups is 1. The van der Waals surface area contributed by atoms with E-state index in [0.717, 1.165) is 12.1 Å². The molecule has 0 saturated heterocycles. The summed E-state index contributed by atoms with van der Waals surface area (Å²) in [6.45, 7) is 1.28. The van der Waals surface area contributed by atoms with E-state index in [1.165, 1.54) is 18.7 Å². The smallest absolute Gasteiger partial charge is 0.276 e. The van der Waals surface area contributed by atoms with Crippen molar-refractivity contribution in [3.05, 3.63) is 63.5 Å². The van der Waals surface area contributed by atoms with Crippen molar-refractivity contribution in [3.63, 3.8) is 0 Å². The maximum atomic E-state index is 13.9. The number of carbonyl (C=O) groups excluding carboxylic acids is 2. The van der Waals surface area contributed by atoms with Gasteiger partial charge in [-0.25, -0.2) is 4.39 Å². The lowest BCUT2D eigenvalue weighted by Gasteiger charge is -2.11. The van der Waals surface area contributed by atoms with E-state index in [-0.39, 0.29) is 17.5 Å². The topological polar surface area (TPSA) is 115 Å². The number of hydrogen-bond acceptors (Lipinski definition) is 5. The second-order valence-corrected chi connectivity index (χ2v) is 6.51. The van der Waals surface area contributed by atoms with Gasteiger partial charge >= 0.3 is 0 Å². The minimum atomic E-state index is -0.825. The molecule has 0 radical (unpaired) electrons. The van der Waals surface area contributed by atoms with Crippen LogP contribution in [0.3, 0.4) is 0 Å². The van der Waals surface area contributed by atoms with Gasteiger partial charge in [-0.3, -0.25) is 19.7 Å². The monoisotopic (exact) mass is 377 g/mol. The average Bonchev–Trinajstić information content (AvgIpc) is 2.58. The highest BCUT2D eigenvalue weighted by molar-refractivity contribution is 7.99. The number of rotatable bonds is 7. The normalized spacial score (nSPS) is 10.4. The summed E-state index contributed by atoms with van der Waals surface area (Å²) in [4.78, 5) is 34.2. The van der Waals surface area contributed by atoms with Gasteiger partial charge in [0.05, 0.1) is 16.2 Å². The summed E-state index contributed by atoms with van der Waals surface area (Å²) < 4.78 is 13.9. The molecular weight excluding hydrogens is 361 g/mol. The van der Waals surface area contributed by atoms with E-state index in [4.69, 9.17) is 5.73 Å². The van der Waals surface area contributed by atoms with Crippen LogP contribution in [0, 0.1) is 22.9 Å². The largest absolute Gasteiger partial charge is 0.370 e. The first-order valence-electron chi connectivity index (χ1n) is 7.55. The Morgan fingerprint density at radius 3 is 2.65 bits per heavy atom. The second-order valence-electron chi connectivity index (χ2n) is 5.37. The number of primary amides is 1. The molecular formula is C17H16FN3O4S. The summed E-state index contributed by atoms with van der Waals surface area (Å²) >= 11 is 1.33. The van der Waals surface area contributed by atoms with Crippen molar-refractivity contribution in [2.75, 3.05) is 11.1 Å². The van der Waals surface area contributed by atoms with E-state index in [0.29, 0.717) is 16.3 Å². The van der Waals surface area contributed by atoms with Gasteiger partial charge in [-0.05, 0) is 25.1 Å². The van der Waals surface area contributed by atoms with Crippen LogP contribution in [0.5, 0.6) is 0 Å². The fourth-order valence-corrected chi connectivity index (χ4v) is 3.11. The summed E-state index contributed by atoms with van der Waals surface area (Å²) in [5, 5.41) is 13.6. The van der Waals surface area contributed by atoms with Crippen molar-refractivity contribution in [2.45, 2.75) is 18.2 Å². The molecule has 7 nitrogen and oxygen atoms in total. The van der Waals surface area contributed by atoms with Crippen molar-refractivity contribution in [1.82, 2.24) is 0 Å². The van der Waals surface area contributed by atoms with E-state index in [1.807, 2.05) is 0 Å². The molecule has 0 spiro atoms. The highest BCUT2D eigenvalue weighted by Crippen LogP contribution is 2.29. The molecule has 0 aliphatic carbocycles. The molecule has 2 amide bonds. The minimum Gasteiger partial charge on any atom is -0.370 e. The van der Waals surface area contributed by atoms with Gasteiger partial charge < -0.3 is 11.1 Å². The van der Waals surface area contributed by atoms with E-state index >= 15 is 0 Å². The van der Waals surface area contributed by atoms with Gasteiger partial charge in [-0.1, -0.05) is 12.1 Å². The zero-order chi connectivity index (χ0) is 19.3. The Bertz CT molecular complexity index is 873. The molecule has 0 aromatic heterocycles. The molecule has 0 unspecified atom stereocenters. The summed E-state index contributed by atoms with van der Waals surface area (Å²) in [5.74, 6) is -1.49. The molecule has 0 aliphatic rings. The van der Waals surface area contributed by atoms with Crippen LogP contribution >= 0.6 is 11.8 Å². The molecule has 9 heteroatoms. The van der Waals surface area contributed by atoms with Gasteiger partial charge in [-0.15, -0.1) is 11.8 Å². The Morgan fingerprint density at radius 1 is 1.31 bits per heavy atom. The van der Waals surface area contributed by atoms with Crippen molar-refractivity contribution < 1.29 is 18.9 Å². The Morgan fingerprint density at radius 2 is 2.00 bits per heavy atom. The number of anilines is 1. The maximum Gasteiger partial charge on any atom is 0.276 e. The number of amides is 2. The summed E-state index contributed by atoms with van der Waals surface area (Å²) in [6, 6.07) is 8.85. The summed E-state index contributed by atoms with van der Waals surface area (Å²) in [5.41, 5.74) is 4.81. The molecule has 0 bridgehead atoms. The number of benzene rings is 2. The van der Waals surface area contributed by atoms with E-state index in [1.54, 1.807) is 24.3 Å². The summed E-state index contributed by atoms with van der Waals surface area (Å²) in [7, 11) is 0. The number of nitro groups is 1. The quantitative estimate of drug-likeness (QED) is 0.436. The lowest BCUT2D eigenvalue weighted by Crippen LogP contribution is -2.14. The number of hydrogen-bond donors (Lipinski definition) is 2. The SMILES string of the molecule is Cc1c(F)cc(C(=O)Nc2ccccc2SCCC(N)=O)cc1[N+](=O)[O-]. The number of nitrogens with two attached hydrogens (primary N) is 1. The molecule has 3 N–H and O–H groups in total. The molecule has 0 heterocycles. The number of nitro benzene ring substituents is 1. The number of halogens is 1. The van der Waals surface area contributed by atoms with Gasteiger partial charge in [0.25, 0.3) is 11.6 Å². The molecule has 2 aromatic rings. The van der Waals surface area contributed by atoms with E-state index in [2.05, 4.69) is 5.32 Å². The first-order chi connectivity index (χ1) is 12.3. The zero-order valence-electron chi connectivity index (χ0n) is 13.8. The van der Waals surface area contributed by atoms with Crippen LogP contribution in [0.25, 0.3) is 0 Å². The van der Waals surface area contributed by atoms with Crippen LogP contribution < -0.4 is 11.1 Å². The Kier molecular flexibility index (Phi) is 6.29. The lowest BCUT2D eigenvalue weighted by molar-refractivity contribution is -0.385. The van der Waals surface area contributed by atoms with Gasteiger partial charge in [0, 0.05) is 28.7 Å². The number of nitrogens with one attached hydrogen (secondary N) is 1. The Balaban J connectivity index is 2.23. The van der Waals surface area contributed by atoms with Crippen LogP contribution in [0.4, 0.5) is 15.8 Å². The summed E-state index contributed by atoms with van der Waals surface area (Å²) in [6.07, 6.45) is 0.183. The molecule has 2 rings (SSSR count). The first kappa shape index (κ1) is 19.4. The molecule has 0 saturated carbocycles. The van der Waals surface area contributed by atoms with Crippen LogP contribution in [-0.2, 0) is 4.79 Å². The Labute approximate surface area is 152 Å². The van der Waals surface area contributed by atoms with Crippen molar-refractivity contribution >= 4 is 35.0 Å². The standard InChI is InChI=1S/C17H16FN3O4S/c1-10-12(18)8-11(9-14(10)21(24)25)17(23)20-13-4-2-3-5-15(13)26-7-6-16(19)22/h2-5,8-9H,6-7H2,1H3,(H2,19,22)(H,20,23). The fourth-order valence-electron chi connectivity index (χ4n) is 2.14. The third-order valence-electron chi connectivity index (χ3n) is 3.52. The maximum absolute atomic E-state index is 13.9. The second kappa shape index (κ2) is 8.43. The molecule has 136 valence electrons. The average molecular weight is 377 g/mol. The van der Waals surface area contributed by atoms with Crippen LogP contribution in [0.1, 0.15) is 22.3 Å². The fraction of sp³-hybridized carbons (Fsp3) is 0.176. The van der Waals surface area contributed by atoms with Gasteiger partial charge in [0.2, 0.25) is 5.91 Å². The lowest BCUT2D eigenvalue weighted by atomic mass is 10.1. The third-order valence-corrected chi connectivity index (χ3v) is 4.59. The molecule has 0 atom stereocenters. The highest BCUT2D eigenvalue weighted by Gasteiger charge is 2.20. The van der Waals surface area contributed by atoms with Crippen molar-refractivity contribution in [1.29, 1.82) is 0 Å². The zero-order valence-corrected chi connectivity index (χ0v) is 14.6. The third kappa shape index (κ3) is 4.79. The molecule has 26 heavy (non-hydrogen) atoms. The van der Waals surface area contributed by atoms with E-state index < -0.39 is 28.2 Å². The molecule has 0 aliphatic heterocycles. The Hall–Kier alpha value is -2.94. The van der Waals surface area contributed by atoms with Gasteiger partial charge in [-0.2, -0.15) is 0 Å². The highest BCUT2D eigenvalue weighted by atomic mass is 32.2. The van der Waals surface area contributed by atoms with E-state index in [9.17, 15) is 24.1 Å². The molecule has 0 fully saturated rings. The van der Waals surface area contributed by atoms with Crippen molar-refractivity contribution in [3.8, 4) is 0 Å². The predicted molar refractivity (Wildman–Crippen MR) is 96.7 cm³/mol. The van der Waals surface area contributed by atoms with Crippen LogP contribution in [0.15, 0.2) is 41.3 Å². The number of carbonyl (C=O) groups is 2.